The number of carbonyl (C=O) groups is 1. The predicted octanol–water partition coefficient (Wildman–Crippen LogP) is 3.87. The fraction of sp³-hybridized carbons (Fsp3) is 0.409. The van der Waals surface area contributed by atoms with Crippen molar-refractivity contribution in [3.05, 3.63) is 53.1 Å². The second-order valence-electron chi connectivity index (χ2n) is 8.12. The predicted molar refractivity (Wildman–Crippen MR) is 110 cm³/mol. The number of aromatic nitrogens is 1. The van der Waals surface area contributed by atoms with Crippen molar-refractivity contribution in [1.29, 1.82) is 5.26 Å². The normalized spacial score (nSPS) is 14.2. The Balaban J connectivity index is 1.63. The molecule has 2 heterocycles. The number of carbonyl (C=O) groups excluding carboxylic acids is 1. The number of pyridine rings is 1. The van der Waals surface area contributed by atoms with Gasteiger partial charge in [-0.15, -0.1) is 0 Å². The van der Waals surface area contributed by atoms with Gasteiger partial charge in [-0.25, -0.2) is 13.6 Å². The van der Waals surface area contributed by atoms with Gasteiger partial charge in [0.05, 0.1) is 11.6 Å². The first-order valence-corrected chi connectivity index (χ1v) is 9.87. The zero-order chi connectivity index (χ0) is 22.6. The fourth-order valence-corrected chi connectivity index (χ4v) is 3.03. The van der Waals surface area contributed by atoms with E-state index < -0.39 is 23.3 Å². The van der Waals surface area contributed by atoms with Crippen LogP contribution in [0.2, 0.25) is 0 Å². The van der Waals surface area contributed by atoms with Gasteiger partial charge in [-0.05, 0) is 39.0 Å². The van der Waals surface area contributed by atoms with Crippen molar-refractivity contribution in [2.75, 3.05) is 31.1 Å². The minimum Gasteiger partial charge on any atom is -0.473 e. The Kier molecular flexibility index (Phi) is 6.59. The monoisotopic (exact) mass is 430 g/mol. The Bertz CT molecular complexity index is 993. The van der Waals surface area contributed by atoms with Gasteiger partial charge in [-0.1, -0.05) is 6.07 Å². The van der Waals surface area contributed by atoms with Crippen LogP contribution in [0, 0.1) is 23.0 Å². The molecule has 2 aromatic rings. The van der Waals surface area contributed by atoms with E-state index in [1.807, 2.05) is 6.07 Å². The van der Waals surface area contributed by atoms with Crippen molar-refractivity contribution < 1.29 is 23.0 Å². The number of nitrogens with zero attached hydrogens (tertiary/aromatic N) is 4. The van der Waals surface area contributed by atoms with Gasteiger partial charge < -0.3 is 19.3 Å². The molecule has 0 radical (unpaired) electrons. The number of hydrogen-bond donors (Lipinski definition) is 0. The molecule has 0 aliphatic carbocycles. The van der Waals surface area contributed by atoms with Gasteiger partial charge in [0.1, 0.15) is 18.0 Å². The van der Waals surface area contributed by atoms with Crippen LogP contribution in [0.15, 0.2) is 30.3 Å². The number of amides is 1. The van der Waals surface area contributed by atoms with Gasteiger partial charge >= 0.3 is 6.09 Å². The first-order valence-electron chi connectivity index (χ1n) is 9.87. The van der Waals surface area contributed by atoms with Crippen LogP contribution in [0.4, 0.5) is 19.4 Å². The molecular formula is C22H24F2N4O3. The van der Waals surface area contributed by atoms with E-state index >= 15 is 0 Å². The summed E-state index contributed by atoms with van der Waals surface area (Å²) in [5.41, 5.74) is -0.103. The lowest BCUT2D eigenvalue weighted by Crippen LogP contribution is -2.50. The Labute approximate surface area is 179 Å². The summed E-state index contributed by atoms with van der Waals surface area (Å²) in [6.45, 7) is 6.81. The summed E-state index contributed by atoms with van der Waals surface area (Å²) >= 11 is 0. The van der Waals surface area contributed by atoms with Crippen LogP contribution in [-0.4, -0.2) is 47.8 Å². The van der Waals surface area contributed by atoms with Crippen LogP contribution in [0.1, 0.15) is 31.9 Å². The summed E-state index contributed by atoms with van der Waals surface area (Å²) < 4.78 is 39.3. The third-order valence-corrected chi connectivity index (χ3v) is 4.59. The quantitative estimate of drug-likeness (QED) is 0.733. The Morgan fingerprint density at radius 1 is 1.13 bits per heavy atom. The molecule has 0 spiro atoms. The molecule has 164 valence electrons. The number of rotatable bonds is 4. The highest BCUT2D eigenvalue weighted by atomic mass is 19.1. The van der Waals surface area contributed by atoms with Crippen LogP contribution in [0.25, 0.3) is 0 Å². The lowest BCUT2D eigenvalue weighted by Gasteiger charge is -2.36. The molecule has 1 amide bonds. The van der Waals surface area contributed by atoms with Gasteiger partial charge in [0.2, 0.25) is 5.88 Å². The van der Waals surface area contributed by atoms with E-state index in [1.165, 1.54) is 24.3 Å². The average molecular weight is 430 g/mol. The second-order valence-corrected chi connectivity index (χ2v) is 8.12. The maximum atomic E-state index is 14.4. The molecular weight excluding hydrogens is 406 g/mol. The number of hydrogen-bond acceptors (Lipinski definition) is 6. The Morgan fingerprint density at radius 2 is 1.84 bits per heavy atom. The first-order chi connectivity index (χ1) is 14.7. The third-order valence-electron chi connectivity index (χ3n) is 4.59. The van der Waals surface area contributed by atoms with Gasteiger partial charge in [0.25, 0.3) is 0 Å². The molecule has 0 saturated carbocycles. The molecule has 1 aromatic heterocycles. The second kappa shape index (κ2) is 9.16. The minimum absolute atomic E-state index is 0.109. The molecule has 31 heavy (non-hydrogen) atoms. The summed E-state index contributed by atoms with van der Waals surface area (Å²) in [5.74, 6) is -0.807. The van der Waals surface area contributed by atoms with Crippen LogP contribution in [-0.2, 0) is 11.3 Å². The highest BCUT2D eigenvalue weighted by molar-refractivity contribution is 5.68. The number of ether oxygens (including phenoxy) is 2. The zero-order valence-corrected chi connectivity index (χ0v) is 17.7. The van der Waals surface area contributed by atoms with Crippen molar-refractivity contribution in [3.63, 3.8) is 0 Å². The lowest BCUT2D eigenvalue weighted by atomic mass is 10.1. The molecule has 0 atom stereocenters. The molecule has 0 N–H and O–H groups in total. The van der Waals surface area contributed by atoms with Crippen LogP contribution in [0.3, 0.4) is 0 Å². The van der Waals surface area contributed by atoms with Gasteiger partial charge in [-0.2, -0.15) is 10.2 Å². The molecule has 0 bridgehead atoms. The van der Waals surface area contributed by atoms with E-state index in [-0.39, 0.29) is 29.4 Å². The molecule has 9 heteroatoms. The largest absolute Gasteiger partial charge is 0.473 e. The molecule has 1 fully saturated rings. The standard InChI is InChI=1S/C22H24F2N4O3/c1-22(2,3)31-21(29)28-10-8-27(9-11-28)20-17(23)6-7-19(26-20)30-14-16-5-4-15(13-25)12-18(16)24/h4-7,12H,8-11,14H2,1-3H3. The van der Waals surface area contributed by atoms with E-state index in [4.69, 9.17) is 14.7 Å². The molecule has 7 nitrogen and oxygen atoms in total. The molecule has 1 aliphatic rings. The zero-order valence-electron chi connectivity index (χ0n) is 17.7. The summed E-state index contributed by atoms with van der Waals surface area (Å²) in [4.78, 5) is 19.7. The number of halogens is 2. The molecule has 1 aromatic carbocycles. The van der Waals surface area contributed by atoms with Gasteiger partial charge in [0, 0.05) is 37.8 Å². The van der Waals surface area contributed by atoms with Crippen LogP contribution < -0.4 is 9.64 Å². The topological polar surface area (TPSA) is 78.7 Å². The number of benzene rings is 1. The molecule has 1 aliphatic heterocycles. The van der Waals surface area contributed by atoms with E-state index in [2.05, 4.69) is 4.98 Å². The van der Waals surface area contributed by atoms with Crippen molar-refractivity contribution in [1.82, 2.24) is 9.88 Å². The highest BCUT2D eigenvalue weighted by Gasteiger charge is 2.27. The van der Waals surface area contributed by atoms with Gasteiger partial charge in [-0.3, -0.25) is 0 Å². The Hall–Kier alpha value is -3.41. The van der Waals surface area contributed by atoms with Crippen LogP contribution >= 0.6 is 0 Å². The average Bonchev–Trinajstić information content (AvgIpc) is 2.72. The first kappa shape index (κ1) is 22.3. The van der Waals surface area contributed by atoms with Crippen molar-refractivity contribution in [2.24, 2.45) is 0 Å². The van der Waals surface area contributed by atoms with E-state index in [1.54, 1.807) is 30.6 Å². The minimum atomic E-state index is -0.581. The van der Waals surface area contributed by atoms with Gasteiger partial charge in [0.15, 0.2) is 11.6 Å². The Morgan fingerprint density at radius 3 is 2.45 bits per heavy atom. The SMILES string of the molecule is CC(C)(C)OC(=O)N1CCN(c2nc(OCc3ccc(C#N)cc3F)ccc2F)CC1. The summed E-state index contributed by atoms with van der Waals surface area (Å²) in [7, 11) is 0. The lowest BCUT2D eigenvalue weighted by molar-refractivity contribution is 0.0240. The number of piperazine rings is 1. The van der Waals surface area contributed by atoms with Crippen LogP contribution in [0.5, 0.6) is 5.88 Å². The number of nitriles is 1. The molecule has 1 saturated heterocycles. The summed E-state index contributed by atoms with van der Waals surface area (Å²) in [6, 6.07) is 8.58. The summed E-state index contributed by atoms with van der Waals surface area (Å²) in [6.07, 6.45) is -0.401. The molecule has 0 unspecified atom stereocenters. The maximum absolute atomic E-state index is 14.4. The van der Waals surface area contributed by atoms with Crippen molar-refractivity contribution >= 4 is 11.9 Å². The number of anilines is 1. The molecule has 3 rings (SSSR count). The maximum Gasteiger partial charge on any atom is 0.410 e. The fourth-order valence-electron chi connectivity index (χ4n) is 3.03. The van der Waals surface area contributed by atoms with Crippen molar-refractivity contribution in [3.8, 4) is 11.9 Å². The smallest absolute Gasteiger partial charge is 0.410 e. The van der Waals surface area contributed by atoms with E-state index in [9.17, 15) is 13.6 Å². The van der Waals surface area contributed by atoms with E-state index in [0.717, 1.165) is 6.07 Å². The summed E-state index contributed by atoms with van der Waals surface area (Å²) in [5, 5.41) is 8.81. The third kappa shape index (κ3) is 5.81. The van der Waals surface area contributed by atoms with Crippen molar-refractivity contribution in [2.45, 2.75) is 33.0 Å². The highest BCUT2D eigenvalue weighted by Crippen LogP contribution is 2.23. The van der Waals surface area contributed by atoms with E-state index in [0.29, 0.717) is 26.2 Å².